The van der Waals surface area contributed by atoms with Crippen molar-refractivity contribution in [2.75, 3.05) is 14.2 Å². The van der Waals surface area contributed by atoms with Crippen LogP contribution in [0, 0.1) is 5.82 Å². The van der Waals surface area contributed by atoms with Crippen LogP contribution in [-0.2, 0) is 6.54 Å². The summed E-state index contributed by atoms with van der Waals surface area (Å²) >= 11 is 0. The fourth-order valence-corrected chi connectivity index (χ4v) is 1.69. The molecule has 0 bridgehead atoms. The van der Waals surface area contributed by atoms with Gasteiger partial charge < -0.3 is 15.2 Å². The molecule has 1 aromatic heterocycles. The van der Waals surface area contributed by atoms with E-state index in [0.29, 0.717) is 17.1 Å². The monoisotopic (exact) mass is 263 g/mol. The van der Waals surface area contributed by atoms with Crippen molar-refractivity contribution in [3.05, 3.63) is 36.0 Å². The molecule has 0 atom stereocenters. The van der Waals surface area contributed by atoms with Gasteiger partial charge >= 0.3 is 0 Å². The maximum absolute atomic E-state index is 14.1. The van der Waals surface area contributed by atoms with Gasteiger partial charge in [-0.25, -0.2) is 14.4 Å². The Morgan fingerprint density at radius 1 is 1.11 bits per heavy atom. The summed E-state index contributed by atoms with van der Waals surface area (Å²) in [5.41, 5.74) is 6.32. The molecular formula is C13H14FN3O2. The molecule has 1 aromatic carbocycles. The Bertz CT molecular complexity index is 568. The van der Waals surface area contributed by atoms with Gasteiger partial charge in [-0.05, 0) is 12.1 Å². The molecule has 2 N–H and O–H groups in total. The van der Waals surface area contributed by atoms with Gasteiger partial charge in [0.25, 0.3) is 0 Å². The van der Waals surface area contributed by atoms with Crippen molar-refractivity contribution in [3.63, 3.8) is 0 Å². The first-order valence-corrected chi connectivity index (χ1v) is 5.62. The zero-order valence-electron chi connectivity index (χ0n) is 10.7. The molecule has 5 nitrogen and oxygen atoms in total. The molecule has 0 amide bonds. The number of methoxy groups -OCH3 is 2. The van der Waals surface area contributed by atoms with Crippen LogP contribution in [-0.4, -0.2) is 24.2 Å². The molecule has 0 aliphatic rings. The van der Waals surface area contributed by atoms with Crippen LogP contribution >= 0.6 is 0 Å². The number of rotatable bonds is 4. The van der Waals surface area contributed by atoms with Gasteiger partial charge in [0.05, 0.1) is 19.9 Å². The highest BCUT2D eigenvalue weighted by Crippen LogP contribution is 2.30. The van der Waals surface area contributed by atoms with Crippen molar-refractivity contribution in [2.45, 2.75) is 6.54 Å². The largest absolute Gasteiger partial charge is 0.497 e. The predicted molar refractivity (Wildman–Crippen MR) is 68.4 cm³/mol. The molecule has 2 aromatic rings. The quantitative estimate of drug-likeness (QED) is 0.910. The second-order valence-electron chi connectivity index (χ2n) is 3.79. The minimum Gasteiger partial charge on any atom is -0.497 e. The molecule has 0 unspecified atom stereocenters. The topological polar surface area (TPSA) is 70.3 Å². The average Bonchev–Trinajstić information content (AvgIpc) is 2.46. The zero-order chi connectivity index (χ0) is 13.8. The highest BCUT2D eigenvalue weighted by Gasteiger charge is 2.13. The number of nitrogens with zero attached hydrogens (tertiary/aromatic N) is 2. The number of nitrogens with two attached hydrogens (primary N) is 1. The van der Waals surface area contributed by atoms with Gasteiger partial charge in [0.1, 0.15) is 23.5 Å². The van der Waals surface area contributed by atoms with E-state index in [1.807, 2.05) is 0 Å². The van der Waals surface area contributed by atoms with Crippen molar-refractivity contribution in [1.29, 1.82) is 0 Å². The molecule has 0 fully saturated rings. The molecule has 0 aliphatic carbocycles. The van der Waals surface area contributed by atoms with Crippen molar-refractivity contribution in [3.8, 4) is 22.8 Å². The smallest absolute Gasteiger partial charge is 0.172 e. The molecule has 0 aliphatic heterocycles. The summed E-state index contributed by atoms with van der Waals surface area (Å²) in [5, 5.41) is 0. The first kappa shape index (κ1) is 13.2. The standard InChI is InChI=1S/C13H14FN3O2/c1-18-9-3-8(4-10(5-9)19-2)13-12(14)11(6-15)16-7-17-13/h3-5,7H,6,15H2,1-2H3. The van der Waals surface area contributed by atoms with Gasteiger partial charge in [-0.3, -0.25) is 0 Å². The number of benzene rings is 1. The second kappa shape index (κ2) is 5.62. The summed E-state index contributed by atoms with van der Waals surface area (Å²) in [7, 11) is 3.06. The highest BCUT2D eigenvalue weighted by atomic mass is 19.1. The number of ether oxygens (including phenoxy) is 2. The first-order valence-electron chi connectivity index (χ1n) is 5.62. The SMILES string of the molecule is COc1cc(OC)cc(-c2ncnc(CN)c2F)c1. The third-order valence-corrected chi connectivity index (χ3v) is 2.68. The van der Waals surface area contributed by atoms with Crippen LogP contribution in [0.3, 0.4) is 0 Å². The number of halogens is 1. The molecule has 0 spiro atoms. The Kier molecular flexibility index (Phi) is 3.91. The van der Waals surface area contributed by atoms with E-state index < -0.39 is 5.82 Å². The maximum atomic E-state index is 14.1. The number of aromatic nitrogens is 2. The fraction of sp³-hybridized carbons (Fsp3) is 0.231. The Morgan fingerprint density at radius 3 is 2.26 bits per heavy atom. The molecular weight excluding hydrogens is 249 g/mol. The molecule has 6 heteroatoms. The third kappa shape index (κ3) is 2.63. The molecule has 1 heterocycles. The summed E-state index contributed by atoms with van der Waals surface area (Å²) in [6, 6.07) is 5.05. The van der Waals surface area contributed by atoms with E-state index in [4.69, 9.17) is 15.2 Å². The van der Waals surface area contributed by atoms with Crippen LogP contribution in [0.15, 0.2) is 24.5 Å². The summed E-state index contributed by atoms with van der Waals surface area (Å²) in [4.78, 5) is 7.75. The first-order chi connectivity index (χ1) is 9.19. The summed E-state index contributed by atoms with van der Waals surface area (Å²) in [6.45, 7) is 0.0163. The van der Waals surface area contributed by atoms with E-state index in [9.17, 15) is 4.39 Å². The van der Waals surface area contributed by atoms with E-state index in [1.54, 1.807) is 18.2 Å². The zero-order valence-corrected chi connectivity index (χ0v) is 10.7. The molecule has 100 valence electrons. The van der Waals surface area contributed by atoms with Crippen LogP contribution in [0.25, 0.3) is 11.3 Å². The average molecular weight is 263 g/mol. The Hall–Kier alpha value is -2.21. The van der Waals surface area contributed by atoms with E-state index >= 15 is 0 Å². The normalized spacial score (nSPS) is 10.3. The van der Waals surface area contributed by atoms with E-state index in [2.05, 4.69) is 9.97 Å². The van der Waals surface area contributed by atoms with E-state index in [0.717, 1.165) is 0 Å². The van der Waals surface area contributed by atoms with Crippen LogP contribution < -0.4 is 15.2 Å². The molecule has 0 saturated heterocycles. The van der Waals surface area contributed by atoms with E-state index in [-0.39, 0.29) is 17.9 Å². The van der Waals surface area contributed by atoms with E-state index in [1.165, 1.54) is 20.5 Å². The van der Waals surface area contributed by atoms with Crippen LogP contribution in [0.5, 0.6) is 11.5 Å². The lowest BCUT2D eigenvalue weighted by Crippen LogP contribution is -2.05. The van der Waals surface area contributed by atoms with Gasteiger partial charge in [0.2, 0.25) is 0 Å². The molecule has 2 rings (SSSR count). The summed E-state index contributed by atoms with van der Waals surface area (Å²) < 4.78 is 24.4. The Labute approximate surface area is 110 Å². The lowest BCUT2D eigenvalue weighted by atomic mass is 10.1. The van der Waals surface area contributed by atoms with Gasteiger partial charge in [-0.15, -0.1) is 0 Å². The van der Waals surface area contributed by atoms with Gasteiger partial charge in [0.15, 0.2) is 5.82 Å². The molecule has 19 heavy (non-hydrogen) atoms. The maximum Gasteiger partial charge on any atom is 0.172 e. The fourth-order valence-electron chi connectivity index (χ4n) is 1.69. The van der Waals surface area contributed by atoms with Crippen molar-refractivity contribution < 1.29 is 13.9 Å². The van der Waals surface area contributed by atoms with Crippen molar-refractivity contribution >= 4 is 0 Å². The minimum absolute atomic E-state index is 0.0163. The van der Waals surface area contributed by atoms with Crippen LogP contribution in [0.2, 0.25) is 0 Å². The Morgan fingerprint density at radius 2 is 1.74 bits per heavy atom. The second-order valence-corrected chi connectivity index (χ2v) is 3.79. The molecule has 0 saturated carbocycles. The lowest BCUT2D eigenvalue weighted by Gasteiger charge is -2.09. The van der Waals surface area contributed by atoms with Crippen LogP contribution in [0.1, 0.15) is 5.69 Å². The lowest BCUT2D eigenvalue weighted by molar-refractivity contribution is 0.394. The highest BCUT2D eigenvalue weighted by molar-refractivity contribution is 5.64. The number of hydrogen-bond acceptors (Lipinski definition) is 5. The summed E-state index contributed by atoms with van der Waals surface area (Å²) in [6.07, 6.45) is 1.28. The third-order valence-electron chi connectivity index (χ3n) is 2.68. The van der Waals surface area contributed by atoms with Gasteiger partial charge in [-0.2, -0.15) is 0 Å². The van der Waals surface area contributed by atoms with Crippen molar-refractivity contribution in [1.82, 2.24) is 9.97 Å². The van der Waals surface area contributed by atoms with Gasteiger partial charge in [-0.1, -0.05) is 0 Å². The number of hydrogen-bond donors (Lipinski definition) is 1. The van der Waals surface area contributed by atoms with Gasteiger partial charge in [0, 0.05) is 18.2 Å². The summed E-state index contributed by atoms with van der Waals surface area (Å²) in [5.74, 6) is 0.587. The Balaban J connectivity index is 2.58. The molecule has 0 radical (unpaired) electrons. The predicted octanol–water partition coefficient (Wildman–Crippen LogP) is 1.76. The minimum atomic E-state index is -0.527. The van der Waals surface area contributed by atoms with Crippen molar-refractivity contribution in [2.24, 2.45) is 5.73 Å². The van der Waals surface area contributed by atoms with Crippen LogP contribution in [0.4, 0.5) is 4.39 Å².